The first kappa shape index (κ1) is 17.8. The zero-order valence-electron chi connectivity index (χ0n) is 15.1. The summed E-state index contributed by atoms with van der Waals surface area (Å²) in [5.41, 5.74) is 0.575. The number of nitrogens with zero attached hydrogens (tertiary/aromatic N) is 1. The minimum Gasteiger partial charge on any atom is -0.486 e. The molecule has 0 aromatic heterocycles. The molecule has 1 heterocycles. The molecule has 5 heteroatoms. The van der Waals surface area contributed by atoms with Crippen LogP contribution in [-0.2, 0) is 4.79 Å². The van der Waals surface area contributed by atoms with Gasteiger partial charge in [-0.3, -0.25) is 9.59 Å². The third-order valence-corrected chi connectivity index (χ3v) is 5.39. The van der Waals surface area contributed by atoms with Crippen molar-refractivity contribution >= 4 is 11.7 Å². The van der Waals surface area contributed by atoms with E-state index in [1.54, 1.807) is 18.2 Å². The van der Waals surface area contributed by atoms with Crippen molar-refractivity contribution in [2.75, 3.05) is 20.3 Å². The van der Waals surface area contributed by atoms with Crippen molar-refractivity contribution < 1.29 is 19.1 Å². The summed E-state index contributed by atoms with van der Waals surface area (Å²) in [5.74, 6) is 1.85. The monoisotopic (exact) mass is 345 g/mol. The lowest BCUT2D eigenvalue weighted by Crippen LogP contribution is -2.42. The lowest BCUT2D eigenvalue weighted by molar-refractivity contribution is -0.133. The lowest BCUT2D eigenvalue weighted by Gasteiger charge is -2.36. The predicted molar refractivity (Wildman–Crippen MR) is 95.2 cm³/mol. The summed E-state index contributed by atoms with van der Waals surface area (Å²) in [6, 6.07) is 5.53. The number of amides is 1. The Bertz CT molecular complexity index is 643. The van der Waals surface area contributed by atoms with Crippen molar-refractivity contribution in [3.8, 4) is 11.5 Å². The van der Waals surface area contributed by atoms with Gasteiger partial charge in [0.1, 0.15) is 13.2 Å². The quantitative estimate of drug-likeness (QED) is 0.767. The molecule has 1 saturated carbocycles. The molecule has 25 heavy (non-hydrogen) atoms. The Morgan fingerprint density at radius 1 is 1.08 bits per heavy atom. The molecule has 0 saturated heterocycles. The van der Waals surface area contributed by atoms with Gasteiger partial charge in [-0.25, -0.2) is 0 Å². The molecule has 0 spiro atoms. The van der Waals surface area contributed by atoms with Gasteiger partial charge in [0.05, 0.1) is 0 Å². The maximum atomic E-state index is 12.5. The highest BCUT2D eigenvalue weighted by atomic mass is 16.6. The second-order valence-corrected chi connectivity index (χ2v) is 7.12. The van der Waals surface area contributed by atoms with Gasteiger partial charge in [0.25, 0.3) is 0 Å². The van der Waals surface area contributed by atoms with Crippen LogP contribution in [0.4, 0.5) is 0 Å². The Morgan fingerprint density at radius 3 is 2.56 bits per heavy atom. The van der Waals surface area contributed by atoms with Gasteiger partial charge in [0.2, 0.25) is 5.91 Å². The number of ether oxygens (including phenoxy) is 2. The minimum atomic E-state index is -0.0320. The smallest absolute Gasteiger partial charge is 0.223 e. The number of rotatable bonds is 5. The summed E-state index contributed by atoms with van der Waals surface area (Å²) in [6.07, 6.45) is 5.17. The first-order chi connectivity index (χ1) is 12.1. The minimum absolute atomic E-state index is 0.0320. The number of Topliss-reactive ketones (excluding diaryl/α,β-unsaturated/α-hetero) is 1. The Labute approximate surface area is 149 Å². The van der Waals surface area contributed by atoms with Crippen molar-refractivity contribution in [1.82, 2.24) is 4.90 Å². The van der Waals surface area contributed by atoms with Gasteiger partial charge in [0.15, 0.2) is 17.3 Å². The number of benzene rings is 1. The standard InChI is InChI=1S/C20H27NO4/c1-14-5-3-4-6-16(14)21(2)20(23)10-8-17(22)15-7-9-18-19(13-15)25-12-11-24-18/h7,9,13-14,16H,3-6,8,10-12H2,1-2H3. The average Bonchev–Trinajstić information content (AvgIpc) is 2.65. The van der Waals surface area contributed by atoms with Gasteiger partial charge in [-0.1, -0.05) is 19.8 Å². The summed E-state index contributed by atoms with van der Waals surface area (Å²) < 4.78 is 11.0. The van der Waals surface area contributed by atoms with Gasteiger partial charge in [-0.15, -0.1) is 0 Å². The van der Waals surface area contributed by atoms with E-state index >= 15 is 0 Å². The Morgan fingerprint density at radius 2 is 1.80 bits per heavy atom. The Balaban J connectivity index is 1.55. The summed E-state index contributed by atoms with van der Waals surface area (Å²) >= 11 is 0. The topological polar surface area (TPSA) is 55.8 Å². The second kappa shape index (κ2) is 7.89. The summed E-state index contributed by atoms with van der Waals surface area (Å²) in [7, 11) is 1.88. The fraction of sp³-hybridized carbons (Fsp3) is 0.600. The van der Waals surface area contributed by atoms with E-state index in [-0.39, 0.29) is 24.5 Å². The van der Waals surface area contributed by atoms with Crippen molar-refractivity contribution in [2.24, 2.45) is 5.92 Å². The maximum absolute atomic E-state index is 12.5. The van der Waals surface area contributed by atoms with Crippen LogP contribution in [0.5, 0.6) is 11.5 Å². The molecule has 1 fully saturated rings. The summed E-state index contributed by atoms with van der Waals surface area (Å²) in [4.78, 5) is 26.8. The molecule has 5 nitrogen and oxygen atoms in total. The van der Waals surface area contributed by atoms with E-state index in [2.05, 4.69) is 6.92 Å². The van der Waals surface area contributed by atoms with E-state index in [1.807, 2.05) is 11.9 Å². The highest BCUT2D eigenvalue weighted by Crippen LogP contribution is 2.31. The molecule has 0 radical (unpaired) electrons. The number of fused-ring (bicyclic) bond motifs is 1. The van der Waals surface area contributed by atoms with Crippen LogP contribution in [-0.4, -0.2) is 42.9 Å². The first-order valence-electron chi connectivity index (χ1n) is 9.25. The van der Waals surface area contributed by atoms with Crippen molar-refractivity contribution in [1.29, 1.82) is 0 Å². The average molecular weight is 345 g/mol. The number of carbonyl (C=O) groups excluding carboxylic acids is 2. The Kier molecular flexibility index (Phi) is 5.61. The van der Waals surface area contributed by atoms with Crippen LogP contribution in [0, 0.1) is 5.92 Å². The number of ketones is 1. The highest BCUT2D eigenvalue weighted by molar-refractivity contribution is 5.98. The molecule has 0 bridgehead atoms. The molecule has 2 aliphatic rings. The molecular formula is C20H27NO4. The summed E-state index contributed by atoms with van der Waals surface area (Å²) in [5, 5.41) is 0. The van der Waals surface area contributed by atoms with Crippen LogP contribution in [0.3, 0.4) is 0 Å². The molecule has 2 unspecified atom stereocenters. The third-order valence-electron chi connectivity index (χ3n) is 5.39. The molecule has 1 aliphatic heterocycles. The number of hydrogen-bond donors (Lipinski definition) is 0. The van der Waals surface area contributed by atoms with Crippen LogP contribution in [0.15, 0.2) is 18.2 Å². The van der Waals surface area contributed by atoms with Crippen LogP contribution >= 0.6 is 0 Å². The highest BCUT2D eigenvalue weighted by Gasteiger charge is 2.28. The van der Waals surface area contributed by atoms with E-state index < -0.39 is 0 Å². The van der Waals surface area contributed by atoms with Crippen molar-refractivity contribution in [3.63, 3.8) is 0 Å². The van der Waals surface area contributed by atoms with E-state index in [4.69, 9.17) is 9.47 Å². The van der Waals surface area contributed by atoms with Crippen LogP contribution < -0.4 is 9.47 Å². The van der Waals surface area contributed by atoms with Crippen molar-refractivity contribution in [2.45, 2.75) is 51.5 Å². The van der Waals surface area contributed by atoms with E-state index in [0.29, 0.717) is 42.2 Å². The predicted octanol–water partition coefficient (Wildman–Crippen LogP) is 3.46. The third kappa shape index (κ3) is 4.14. The molecule has 1 aromatic carbocycles. The molecule has 0 N–H and O–H groups in total. The maximum Gasteiger partial charge on any atom is 0.223 e. The van der Waals surface area contributed by atoms with Crippen LogP contribution in [0.25, 0.3) is 0 Å². The summed E-state index contributed by atoms with van der Waals surface area (Å²) in [6.45, 7) is 3.24. The Hall–Kier alpha value is -2.04. The van der Waals surface area contributed by atoms with E-state index in [0.717, 1.165) is 6.42 Å². The van der Waals surface area contributed by atoms with Gasteiger partial charge in [-0.05, 0) is 37.0 Å². The fourth-order valence-electron chi connectivity index (χ4n) is 3.81. The molecule has 1 aromatic rings. The van der Waals surface area contributed by atoms with Gasteiger partial charge in [-0.2, -0.15) is 0 Å². The van der Waals surface area contributed by atoms with Crippen LogP contribution in [0.1, 0.15) is 55.8 Å². The van der Waals surface area contributed by atoms with Crippen molar-refractivity contribution in [3.05, 3.63) is 23.8 Å². The van der Waals surface area contributed by atoms with E-state index in [9.17, 15) is 9.59 Å². The lowest BCUT2D eigenvalue weighted by atomic mass is 9.85. The SMILES string of the molecule is CC1CCCCC1N(C)C(=O)CCC(=O)c1ccc2c(c1)OCCO2. The molecule has 3 rings (SSSR count). The van der Waals surface area contributed by atoms with Gasteiger partial charge < -0.3 is 14.4 Å². The zero-order valence-corrected chi connectivity index (χ0v) is 15.1. The number of hydrogen-bond acceptors (Lipinski definition) is 4. The van der Waals surface area contributed by atoms with Crippen LogP contribution in [0.2, 0.25) is 0 Å². The molecule has 2 atom stereocenters. The molecule has 1 amide bonds. The van der Waals surface area contributed by atoms with E-state index in [1.165, 1.54) is 19.3 Å². The van der Waals surface area contributed by atoms with Gasteiger partial charge in [0, 0.05) is 31.5 Å². The first-order valence-corrected chi connectivity index (χ1v) is 9.25. The fourth-order valence-corrected chi connectivity index (χ4v) is 3.81. The normalized spacial score (nSPS) is 22.3. The molecular weight excluding hydrogens is 318 g/mol. The molecule has 1 aliphatic carbocycles. The largest absolute Gasteiger partial charge is 0.486 e. The zero-order chi connectivity index (χ0) is 17.8. The van der Waals surface area contributed by atoms with Gasteiger partial charge >= 0.3 is 0 Å². The molecule has 136 valence electrons. The number of carbonyl (C=O) groups is 2. The second-order valence-electron chi connectivity index (χ2n) is 7.12.